The lowest BCUT2D eigenvalue weighted by Gasteiger charge is -2.49. The smallest absolute Gasteiger partial charge is 0.349 e. The molecule has 1 aromatic heterocycles. The zero-order valence-corrected chi connectivity index (χ0v) is 19.1. The van der Waals surface area contributed by atoms with E-state index in [4.69, 9.17) is 0 Å². The van der Waals surface area contributed by atoms with Crippen LogP contribution < -0.4 is 5.32 Å². The molecule has 0 spiro atoms. The number of nitrogens with one attached hydrogen (secondary N) is 1. The summed E-state index contributed by atoms with van der Waals surface area (Å²) in [5, 5.41) is 2.90. The Bertz CT molecular complexity index is 1120. The van der Waals surface area contributed by atoms with E-state index in [9.17, 15) is 26.4 Å². The van der Waals surface area contributed by atoms with Gasteiger partial charge in [-0.25, -0.2) is 27.2 Å². The van der Waals surface area contributed by atoms with Crippen molar-refractivity contribution in [1.29, 1.82) is 0 Å². The highest BCUT2D eigenvalue weighted by molar-refractivity contribution is 7.91. The molecule has 4 unspecified atom stereocenters. The second kappa shape index (κ2) is 7.47. The van der Waals surface area contributed by atoms with Crippen molar-refractivity contribution >= 4 is 21.7 Å². The third-order valence-electron chi connectivity index (χ3n) is 7.63. The van der Waals surface area contributed by atoms with Crippen LogP contribution in [0.1, 0.15) is 61.0 Å². The van der Waals surface area contributed by atoms with Gasteiger partial charge >= 0.3 is 6.18 Å². The maximum absolute atomic E-state index is 15.4. The van der Waals surface area contributed by atoms with Crippen molar-refractivity contribution in [3.8, 4) is 0 Å². The van der Waals surface area contributed by atoms with Crippen molar-refractivity contribution in [3.05, 3.63) is 17.5 Å². The molecule has 1 amide bonds. The number of fused-ring (bicyclic) bond motifs is 1. The van der Waals surface area contributed by atoms with Crippen LogP contribution in [0.25, 0.3) is 0 Å². The first kappa shape index (κ1) is 23.7. The first-order valence-corrected chi connectivity index (χ1v) is 13.1. The van der Waals surface area contributed by atoms with E-state index < -0.39 is 50.1 Å². The molecule has 1 N–H and O–H groups in total. The summed E-state index contributed by atoms with van der Waals surface area (Å²) in [7, 11) is -3.33. The van der Waals surface area contributed by atoms with E-state index >= 15 is 8.78 Å². The van der Waals surface area contributed by atoms with E-state index in [0.29, 0.717) is 6.42 Å². The molecule has 6 rings (SSSR count). The van der Waals surface area contributed by atoms with Crippen LogP contribution in [0.5, 0.6) is 0 Å². The van der Waals surface area contributed by atoms with Gasteiger partial charge < -0.3 is 10.2 Å². The fourth-order valence-electron chi connectivity index (χ4n) is 6.47. The first-order valence-electron chi connectivity index (χ1n) is 11.3. The van der Waals surface area contributed by atoms with Gasteiger partial charge in [0.1, 0.15) is 11.3 Å². The molecule has 1 saturated heterocycles. The molecule has 4 bridgehead atoms. The van der Waals surface area contributed by atoms with Crippen LogP contribution in [0, 0.1) is 5.92 Å². The molecular weight excluding hydrogens is 483 g/mol. The van der Waals surface area contributed by atoms with E-state index in [1.54, 1.807) is 0 Å². The number of amides is 1. The van der Waals surface area contributed by atoms with E-state index in [1.165, 1.54) is 0 Å². The molecule has 5 aliphatic rings. The van der Waals surface area contributed by atoms with Crippen molar-refractivity contribution in [2.75, 3.05) is 29.9 Å². The molecule has 1 aromatic rings. The summed E-state index contributed by atoms with van der Waals surface area (Å²) in [6.45, 7) is -0.431. The van der Waals surface area contributed by atoms with E-state index in [1.807, 2.05) is 0 Å². The number of hydrogen-bond acceptors (Lipinski definition) is 6. The lowest BCUT2D eigenvalue weighted by Crippen LogP contribution is -2.53. The van der Waals surface area contributed by atoms with Crippen molar-refractivity contribution in [2.45, 2.75) is 68.0 Å². The van der Waals surface area contributed by atoms with Gasteiger partial charge in [-0.15, -0.1) is 0 Å². The summed E-state index contributed by atoms with van der Waals surface area (Å²) in [5.41, 5.74) is -6.51. The van der Waals surface area contributed by atoms with E-state index in [2.05, 4.69) is 15.3 Å². The summed E-state index contributed by atoms with van der Waals surface area (Å²) < 4.78 is 95.4. The molecular formula is C21H25F5N4O3S. The summed E-state index contributed by atoms with van der Waals surface area (Å²) in [6.07, 6.45) is -3.16. The van der Waals surface area contributed by atoms with Crippen LogP contribution in [0.2, 0.25) is 0 Å². The molecule has 7 nitrogen and oxygen atoms in total. The van der Waals surface area contributed by atoms with Gasteiger partial charge in [0, 0.05) is 37.7 Å². The number of nitrogens with zero attached hydrogens (tertiary/aromatic N) is 3. The third kappa shape index (κ3) is 4.35. The first-order chi connectivity index (χ1) is 15.7. The minimum Gasteiger partial charge on any atom is -0.349 e. The standard InChI is InChI=1S/C21H25F5N4O3S/c22-18-1-2-20(9-13(7-18)8-19(23,11-18)12-20)29-17-27-10-14(15(28-17)21(24,25)26)16(31)30-3-5-34(32,33)6-4-30/h10,13H,1-9,11-12H2,(H,27,28,29). The average molecular weight is 509 g/mol. The molecule has 2 heterocycles. The Morgan fingerprint density at radius 2 is 1.74 bits per heavy atom. The Balaban J connectivity index is 1.43. The number of anilines is 1. The molecule has 4 atom stereocenters. The average Bonchev–Trinajstić information content (AvgIpc) is 2.84. The maximum atomic E-state index is 15.4. The van der Waals surface area contributed by atoms with E-state index in [-0.39, 0.29) is 75.0 Å². The molecule has 1 aliphatic heterocycles. The van der Waals surface area contributed by atoms with Crippen LogP contribution in [0.4, 0.5) is 27.9 Å². The van der Waals surface area contributed by atoms with Gasteiger partial charge in [-0.2, -0.15) is 13.2 Å². The molecule has 4 aliphatic carbocycles. The van der Waals surface area contributed by atoms with Gasteiger partial charge in [-0.3, -0.25) is 4.79 Å². The molecule has 4 saturated carbocycles. The van der Waals surface area contributed by atoms with Crippen molar-refractivity contribution in [3.63, 3.8) is 0 Å². The number of aromatic nitrogens is 2. The van der Waals surface area contributed by atoms with Gasteiger partial charge in [-0.1, -0.05) is 0 Å². The van der Waals surface area contributed by atoms with Gasteiger partial charge in [-0.05, 0) is 38.0 Å². The molecule has 5 fully saturated rings. The maximum Gasteiger partial charge on any atom is 0.434 e. The second-order valence-corrected chi connectivity index (χ2v) is 12.7. The topological polar surface area (TPSA) is 92.3 Å². The van der Waals surface area contributed by atoms with Gasteiger partial charge in [0.15, 0.2) is 15.5 Å². The molecule has 0 aromatic carbocycles. The number of sulfone groups is 1. The minimum atomic E-state index is -4.98. The Morgan fingerprint density at radius 3 is 2.38 bits per heavy atom. The fraction of sp³-hybridized carbons (Fsp3) is 0.762. The van der Waals surface area contributed by atoms with Crippen LogP contribution in [0.3, 0.4) is 0 Å². The van der Waals surface area contributed by atoms with Gasteiger partial charge in [0.2, 0.25) is 5.95 Å². The predicted octanol–water partition coefficient (Wildman–Crippen LogP) is 3.32. The van der Waals surface area contributed by atoms with Crippen LogP contribution in [0.15, 0.2) is 6.20 Å². The highest BCUT2D eigenvalue weighted by Gasteiger charge is 2.61. The highest BCUT2D eigenvalue weighted by Crippen LogP contribution is 2.59. The Morgan fingerprint density at radius 1 is 1.06 bits per heavy atom. The number of hydrogen-bond donors (Lipinski definition) is 1. The summed E-state index contributed by atoms with van der Waals surface area (Å²) in [4.78, 5) is 21.3. The zero-order chi connectivity index (χ0) is 24.6. The molecule has 188 valence electrons. The number of carbonyl (C=O) groups is 1. The molecule has 0 radical (unpaired) electrons. The summed E-state index contributed by atoms with van der Waals surface area (Å²) >= 11 is 0. The predicted molar refractivity (Wildman–Crippen MR) is 111 cm³/mol. The summed E-state index contributed by atoms with van der Waals surface area (Å²) in [6, 6.07) is 0. The Hall–Kier alpha value is -2.05. The monoisotopic (exact) mass is 508 g/mol. The van der Waals surface area contributed by atoms with Crippen molar-refractivity contribution < 1.29 is 35.2 Å². The lowest BCUT2D eigenvalue weighted by atomic mass is 9.62. The van der Waals surface area contributed by atoms with E-state index in [0.717, 1.165) is 11.1 Å². The SMILES string of the molecule is O=C(c1cnc(NC23CCC4(F)CC(CC(F)(C4)C2)C3)nc1C(F)(F)F)N1CCS(=O)(=O)CC1. The van der Waals surface area contributed by atoms with Gasteiger partial charge in [0.25, 0.3) is 5.91 Å². The third-order valence-corrected chi connectivity index (χ3v) is 9.23. The minimum absolute atomic E-state index is 0.0319. The van der Waals surface area contributed by atoms with Crippen molar-refractivity contribution in [1.82, 2.24) is 14.9 Å². The molecule has 34 heavy (non-hydrogen) atoms. The lowest BCUT2D eigenvalue weighted by molar-refractivity contribution is -0.141. The second-order valence-electron chi connectivity index (χ2n) is 10.4. The largest absolute Gasteiger partial charge is 0.434 e. The zero-order valence-electron chi connectivity index (χ0n) is 18.3. The number of rotatable bonds is 3. The quantitative estimate of drug-likeness (QED) is 0.630. The van der Waals surface area contributed by atoms with Crippen LogP contribution in [-0.4, -0.2) is 70.7 Å². The Kier molecular flexibility index (Phi) is 5.21. The fourth-order valence-corrected chi connectivity index (χ4v) is 7.67. The normalized spacial score (nSPS) is 36.9. The highest BCUT2D eigenvalue weighted by atomic mass is 32.2. The number of carbonyl (C=O) groups excluding carboxylic acids is 1. The van der Waals surface area contributed by atoms with Gasteiger partial charge in [0.05, 0.1) is 17.1 Å². The van der Waals surface area contributed by atoms with Crippen LogP contribution in [-0.2, 0) is 16.0 Å². The number of alkyl halides is 5. The Labute approximate surface area is 193 Å². The van der Waals surface area contributed by atoms with Crippen LogP contribution >= 0.6 is 0 Å². The number of halogens is 5. The van der Waals surface area contributed by atoms with Crippen molar-refractivity contribution in [2.24, 2.45) is 5.92 Å². The summed E-state index contributed by atoms with van der Waals surface area (Å²) in [5.74, 6) is -2.26. The molecule has 13 heteroatoms.